The van der Waals surface area contributed by atoms with Gasteiger partial charge in [-0.05, 0) is 12.5 Å². The van der Waals surface area contributed by atoms with Crippen molar-refractivity contribution >= 4 is 29.0 Å². The number of amides is 1. The molecule has 1 aliphatic rings. The molecule has 0 saturated carbocycles. The lowest BCUT2D eigenvalue weighted by atomic mass is 10.2. The monoisotopic (exact) mass is 284 g/mol. The summed E-state index contributed by atoms with van der Waals surface area (Å²) in [5.74, 6) is 0.144. The van der Waals surface area contributed by atoms with E-state index in [0.29, 0.717) is 13.1 Å². The summed E-state index contributed by atoms with van der Waals surface area (Å²) >= 11 is 5.75. The molecule has 1 aromatic rings. The molecule has 1 N–H and O–H groups in total. The summed E-state index contributed by atoms with van der Waals surface area (Å²) < 4.78 is 0. The van der Waals surface area contributed by atoms with E-state index < -0.39 is 4.92 Å². The summed E-state index contributed by atoms with van der Waals surface area (Å²) in [6, 6.07) is 2.64. The fraction of sp³-hybridized carbons (Fsp3) is 0.455. The van der Waals surface area contributed by atoms with Crippen molar-refractivity contribution in [2.75, 3.05) is 18.4 Å². The molecule has 0 spiro atoms. The van der Waals surface area contributed by atoms with Gasteiger partial charge in [-0.3, -0.25) is 14.9 Å². The van der Waals surface area contributed by atoms with Crippen LogP contribution in [0.1, 0.15) is 13.3 Å². The van der Waals surface area contributed by atoms with Crippen LogP contribution in [0.4, 0.5) is 11.5 Å². The summed E-state index contributed by atoms with van der Waals surface area (Å²) in [6.45, 7) is 2.66. The highest BCUT2D eigenvalue weighted by Gasteiger charge is 2.26. The van der Waals surface area contributed by atoms with Crippen LogP contribution >= 0.6 is 11.6 Å². The second-order valence-electron chi connectivity index (χ2n) is 4.35. The maximum atomic E-state index is 11.2. The molecule has 1 atom stereocenters. The Morgan fingerprint density at radius 3 is 2.95 bits per heavy atom. The minimum atomic E-state index is -0.511. The van der Waals surface area contributed by atoms with Crippen molar-refractivity contribution in [3.8, 4) is 0 Å². The highest BCUT2D eigenvalue weighted by Crippen LogP contribution is 2.26. The van der Waals surface area contributed by atoms with E-state index in [4.69, 9.17) is 11.6 Å². The first kappa shape index (κ1) is 13.5. The molecule has 0 aromatic carbocycles. The molecule has 19 heavy (non-hydrogen) atoms. The number of nitrogens with one attached hydrogen (secondary N) is 1. The van der Waals surface area contributed by atoms with E-state index >= 15 is 0 Å². The van der Waals surface area contributed by atoms with E-state index in [1.807, 2.05) is 0 Å². The standard InChI is InChI=1S/C11H13ClN4O3/c1-7(17)15-5-4-8(6-15)13-11-9(16(18)19)2-3-10(12)14-11/h2-3,8H,4-6H2,1H3,(H,13,14). The van der Waals surface area contributed by atoms with Crippen LogP contribution in [0.3, 0.4) is 0 Å². The maximum absolute atomic E-state index is 11.2. The Bertz CT molecular complexity index is 523. The first-order chi connectivity index (χ1) is 8.97. The predicted molar refractivity (Wildman–Crippen MR) is 70.2 cm³/mol. The summed E-state index contributed by atoms with van der Waals surface area (Å²) in [7, 11) is 0. The first-order valence-electron chi connectivity index (χ1n) is 5.80. The SMILES string of the molecule is CC(=O)N1CCC(Nc2nc(Cl)ccc2[N+](=O)[O-])C1. The topological polar surface area (TPSA) is 88.4 Å². The number of nitro groups is 1. The molecule has 1 amide bonds. The van der Waals surface area contributed by atoms with E-state index in [1.54, 1.807) is 4.90 Å². The fourth-order valence-corrected chi connectivity index (χ4v) is 2.19. The van der Waals surface area contributed by atoms with Crippen molar-refractivity contribution < 1.29 is 9.72 Å². The number of hydrogen-bond acceptors (Lipinski definition) is 5. The molecule has 1 aliphatic heterocycles. The third kappa shape index (κ3) is 3.11. The molecule has 1 saturated heterocycles. The predicted octanol–water partition coefficient (Wildman–Crippen LogP) is 1.68. The highest BCUT2D eigenvalue weighted by atomic mass is 35.5. The molecule has 0 radical (unpaired) electrons. The van der Waals surface area contributed by atoms with Crippen molar-refractivity contribution in [1.82, 2.24) is 9.88 Å². The Kier molecular flexibility index (Phi) is 3.84. The van der Waals surface area contributed by atoms with Crippen molar-refractivity contribution in [2.45, 2.75) is 19.4 Å². The Labute approximate surface area is 114 Å². The van der Waals surface area contributed by atoms with Crippen LogP contribution in [0.25, 0.3) is 0 Å². The van der Waals surface area contributed by atoms with Crippen LogP contribution < -0.4 is 5.32 Å². The number of pyridine rings is 1. The number of halogens is 1. The number of rotatable bonds is 3. The first-order valence-corrected chi connectivity index (χ1v) is 6.18. The lowest BCUT2D eigenvalue weighted by molar-refractivity contribution is -0.384. The van der Waals surface area contributed by atoms with E-state index in [1.165, 1.54) is 19.1 Å². The number of hydrogen-bond donors (Lipinski definition) is 1. The van der Waals surface area contributed by atoms with Crippen molar-refractivity contribution in [3.05, 3.63) is 27.4 Å². The van der Waals surface area contributed by atoms with Gasteiger partial charge in [-0.15, -0.1) is 0 Å². The molecule has 0 aliphatic carbocycles. The van der Waals surface area contributed by atoms with E-state index in [-0.39, 0.29) is 28.6 Å². The third-order valence-corrected chi connectivity index (χ3v) is 3.22. The minimum absolute atomic E-state index is 0.00199. The summed E-state index contributed by atoms with van der Waals surface area (Å²) in [5, 5.41) is 14.1. The van der Waals surface area contributed by atoms with Gasteiger partial charge in [0, 0.05) is 32.1 Å². The molecule has 7 nitrogen and oxygen atoms in total. The Morgan fingerprint density at radius 2 is 2.37 bits per heavy atom. The van der Waals surface area contributed by atoms with Gasteiger partial charge in [-0.2, -0.15) is 0 Å². The summed E-state index contributed by atoms with van der Waals surface area (Å²) in [4.78, 5) is 27.2. The zero-order chi connectivity index (χ0) is 14.0. The van der Waals surface area contributed by atoms with E-state index in [9.17, 15) is 14.9 Å². The van der Waals surface area contributed by atoms with Gasteiger partial charge in [0.2, 0.25) is 11.7 Å². The van der Waals surface area contributed by atoms with Crippen molar-refractivity contribution in [2.24, 2.45) is 0 Å². The number of likely N-dealkylation sites (tertiary alicyclic amines) is 1. The summed E-state index contributed by atoms with van der Waals surface area (Å²) in [6.07, 6.45) is 0.727. The normalized spacial score (nSPS) is 18.4. The number of anilines is 1. The van der Waals surface area contributed by atoms with Gasteiger partial charge < -0.3 is 10.2 Å². The molecule has 2 heterocycles. The van der Waals surface area contributed by atoms with Crippen molar-refractivity contribution in [3.63, 3.8) is 0 Å². The van der Waals surface area contributed by atoms with Crippen LogP contribution in [-0.2, 0) is 4.79 Å². The zero-order valence-electron chi connectivity index (χ0n) is 10.3. The van der Waals surface area contributed by atoms with Gasteiger partial charge in [-0.1, -0.05) is 11.6 Å². The second kappa shape index (κ2) is 5.40. The second-order valence-corrected chi connectivity index (χ2v) is 4.74. The van der Waals surface area contributed by atoms with Gasteiger partial charge in [0.1, 0.15) is 5.15 Å². The Hall–Kier alpha value is -1.89. The molecule has 2 rings (SSSR count). The largest absolute Gasteiger partial charge is 0.360 e. The number of aromatic nitrogens is 1. The van der Waals surface area contributed by atoms with Gasteiger partial charge in [0.15, 0.2) is 0 Å². The molecule has 1 fully saturated rings. The third-order valence-electron chi connectivity index (χ3n) is 3.01. The highest BCUT2D eigenvalue weighted by molar-refractivity contribution is 6.29. The number of carbonyl (C=O) groups is 1. The molecular formula is C11H13ClN4O3. The van der Waals surface area contributed by atoms with Gasteiger partial charge in [-0.25, -0.2) is 4.98 Å². The van der Waals surface area contributed by atoms with Crippen LogP contribution in [-0.4, -0.2) is 39.8 Å². The Morgan fingerprint density at radius 1 is 1.63 bits per heavy atom. The molecule has 102 valence electrons. The van der Waals surface area contributed by atoms with Gasteiger partial charge in [0.05, 0.1) is 4.92 Å². The molecule has 8 heteroatoms. The number of carbonyl (C=O) groups excluding carboxylic acids is 1. The fourth-order valence-electron chi connectivity index (χ4n) is 2.04. The van der Waals surface area contributed by atoms with Gasteiger partial charge >= 0.3 is 5.69 Å². The maximum Gasteiger partial charge on any atom is 0.311 e. The lowest BCUT2D eigenvalue weighted by Gasteiger charge is -2.15. The van der Waals surface area contributed by atoms with Crippen LogP contribution in [0.2, 0.25) is 5.15 Å². The minimum Gasteiger partial charge on any atom is -0.360 e. The van der Waals surface area contributed by atoms with Crippen LogP contribution in [0, 0.1) is 10.1 Å². The van der Waals surface area contributed by atoms with Crippen LogP contribution in [0.15, 0.2) is 12.1 Å². The Balaban J connectivity index is 2.13. The van der Waals surface area contributed by atoms with E-state index in [0.717, 1.165) is 6.42 Å². The molecule has 1 aromatic heterocycles. The van der Waals surface area contributed by atoms with E-state index in [2.05, 4.69) is 10.3 Å². The summed E-state index contributed by atoms with van der Waals surface area (Å²) in [5.41, 5.74) is -0.120. The molecular weight excluding hydrogens is 272 g/mol. The van der Waals surface area contributed by atoms with Gasteiger partial charge in [0.25, 0.3) is 0 Å². The quantitative estimate of drug-likeness (QED) is 0.518. The smallest absolute Gasteiger partial charge is 0.311 e. The average molecular weight is 285 g/mol. The average Bonchev–Trinajstić information content (AvgIpc) is 2.77. The van der Waals surface area contributed by atoms with Crippen molar-refractivity contribution in [1.29, 1.82) is 0 Å². The number of nitrogens with zero attached hydrogens (tertiary/aromatic N) is 3. The molecule has 1 unspecified atom stereocenters. The lowest BCUT2D eigenvalue weighted by Crippen LogP contribution is -2.29. The van der Waals surface area contributed by atoms with Crippen LogP contribution in [0.5, 0.6) is 0 Å². The molecule has 0 bridgehead atoms. The zero-order valence-corrected chi connectivity index (χ0v) is 11.1.